The first kappa shape index (κ1) is 14.0. The van der Waals surface area contributed by atoms with E-state index in [1.807, 2.05) is 0 Å². The molecule has 4 fully saturated rings. The number of rotatable bonds is 3. The molecule has 22 heavy (non-hydrogen) atoms. The van der Waals surface area contributed by atoms with Gasteiger partial charge in [0.05, 0.1) is 12.5 Å². The van der Waals surface area contributed by atoms with Gasteiger partial charge < -0.3 is 10.1 Å². The molecule has 4 aliphatic rings. The van der Waals surface area contributed by atoms with Crippen LogP contribution in [-0.2, 0) is 4.79 Å². The van der Waals surface area contributed by atoms with E-state index in [9.17, 15) is 9.18 Å². The van der Waals surface area contributed by atoms with Crippen molar-refractivity contribution < 1.29 is 13.9 Å². The predicted molar refractivity (Wildman–Crippen MR) is 82.2 cm³/mol. The standard InChI is InChI=1S/C18H22FNO2/c1-22-16-7-14(2-3-15(16)19)20-17(21)18-8-11-4-12(9-18)6-13(5-11)10-18/h2-3,7,11-13H,4-6,8-10H2,1H3,(H,20,21). The summed E-state index contributed by atoms with van der Waals surface area (Å²) >= 11 is 0. The van der Waals surface area contributed by atoms with Crippen LogP contribution < -0.4 is 10.1 Å². The number of hydrogen-bond donors (Lipinski definition) is 1. The number of anilines is 1. The van der Waals surface area contributed by atoms with Gasteiger partial charge in [-0.05, 0) is 68.4 Å². The number of amides is 1. The molecule has 0 spiro atoms. The maximum absolute atomic E-state index is 13.5. The number of nitrogens with one attached hydrogen (secondary N) is 1. The van der Waals surface area contributed by atoms with Crippen LogP contribution in [0.25, 0.3) is 0 Å². The summed E-state index contributed by atoms with van der Waals surface area (Å²) in [6.07, 6.45) is 7.04. The van der Waals surface area contributed by atoms with Gasteiger partial charge in [-0.15, -0.1) is 0 Å². The van der Waals surface area contributed by atoms with Gasteiger partial charge in [-0.25, -0.2) is 4.39 Å². The molecule has 5 rings (SSSR count). The molecule has 0 aromatic heterocycles. The molecule has 0 unspecified atom stereocenters. The number of ether oxygens (including phenoxy) is 1. The molecule has 0 atom stereocenters. The van der Waals surface area contributed by atoms with Crippen LogP contribution in [0.1, 0.15) is 38.5 Å². The lowest BCUT2D eigenvalue weighted by Crippen LogP contribution is -2.51. The Morgan fingerprint density at radius 3 is 2.32 bits per heavy atom. The summed E-state index contributed by atoms with van der Waals surface area (Å²) in [5.41, 5.74) is 0.440. The van der Waals surface area contributed by atoms with E-state index in [1.54, 1.807) is 12.1 Å². The van der Waals surface area contributed by atoms with Crippen molar-refractivity contribution in [1.82, 2.24) is 0 Å². The smallest absolute Gasteiger partial charge is 0.230 e. The summed E-state index contributed by atoms with van der Waals surface area (Å²) in [6.45, 7) is 0. The molecule has 0 aliphatic heterocycles. The molecule has 0 radical (unpaired) electrons. The Balaban J connectivity index is 1.55. The van der Waals surface area contributed by atoms with Gasteiger partial charge in [-0.3, -0.25) is 4.79 Å². The Labute approximate surface area is 130 Å². The fraction of sp³-hybridized carbons (Fsp3) is 0.611. The van der Waals surface area contributed by atoms with Gasteiger partial charge in [-0.2, -0.15) is 0 Å². The van der Waals surface area contributed by atoms with Crippen molar-refractivity contribution in [1.29, 1.82) is 0 Å². The predicted octanol–water partition coefficient (Wildman–Crippen LogP) is 3.99. The van der Waals surface area contributed by atoms with E-state index in [0.717, 1.165) is 37.0 Å². The van der Waals surface area contributed by atoms with E-state index in [0.29, 0.717) is 5.69 Å². The molecule has 4 bridgehead atoms. The highest BCUT2D eigenvalue weighted by atomic mass is 19.1. The highest BCUT2D eigenvalue weighted by Crippen LogP contribution is 2.60. The maximum atomic E-state index is 13.5. The number of hydrogen-bond acceptors (Lipinski definition) is 2. The van der Waals surface area contributed by atoms with Crippen LogP contribution in [-0.4, -0.2) is 13.0 Å². The average molecular weight is 303 g/mol. The molecule has 3 nitrogen and oxygen atoms in total. The molecule has 1 amide bonds. The first-order valence-corrected chi connectivity index (χ1v) is 8.23. The molecular weight excluding hydrogens is 281 g/mol. The summed E-state index contributed by atoms with van der Waals surface area (Å²) in [7, 11) is 1.43. The van der Waals surface area contributed by atoms with E-state index in [4.69, 9.17) is 4.74 Å². The normalized spacial score (nSPS) is 35.5. The second-order valence-electron chi connectivity index (χ2n) is 7.50. The summed E-state index contributed by atoms with van der Waals surface area (Å²) in [4.78, 5) is 12.9. The van der Waals surface area contributed by atoms with E-state index in [2.05, 4.69) is 5.32 Å². The lowest BCUT2D eigenvalue weighted by molar-refractivity contribution is -0.140. The van der Waals surface area contributed by atoms with Crippen LogP contribution in [0.4, 0.5) is 10.1 Å². The van der Waals surface area contributed by atoms with Crippen LogP contribution >= 0.6 is 0 Å². The first-order chi connectivity index (χ1) is 10.6. The largest absolute Gasteiger partial charge is 0.494 e. The Morgan fingerprint density at radius 1 is 1.18 bits per heavy atom. The van der Waals surface area contributed by atoms with Gasteiger partial charge in [0, 0.05) is 11.8 Å². The van der Waals surface area contributed by atoms with Crippen molar-refractivity contribution in [2.75, 3.05) is 12.4 Å². The number of carbonyl (C=O) groups excluding carboxylic acids is 1. The molecule has 1 aromatic rings. The Morgan fingerprint density at radius 2 is 1.77 bits per heavy atom. The molecular formula is C18H22FNO2. The molecule has 0 heterocycles. The average Bonchev–Trinajstić information content (AvgIpc) is 2.47. The Hall–Kier alpha value is -1.58. The van der Waals surface area contributed by atoms with Crippen LogP contribution in [0.2, 0.25) is 0 Å². The fourth-order valence-corrected chi connectivity index (χ4v) is 5.39. The van der Waals surface area contributed by atoms with Crippen LogP contribution in [0.15, 0.2) is 18.2 Å². The number of carbonyl (C=O) groups is 1. The number of halogens is 1. The van der Waals surface area contributed by atoms with Gasteiger partial charge >= 0.3 is 0 Å². The fourth-order valence-electron chi connectivity index (χ4n) is 5.39. The van der Waals surface area contributed by atoms with Crippen molar-refractivity contribution in [2.45, 2.75) is 38.5 Å². The third kappa shape index (κ3) is 2.20. The Kier molecular flexibility index (Phi) is 3.17. The third-order valence-electron chi connectivity index (χ3n) is 5.93. The summed E-state index contributed by atoms with van der Waals surface area (Å²) in [6, 6.07) is 4.51. The quantitative estimate of drug-likeness (QED) is 0.917. The van der Waals surface area contributed by atoms with Gasteiger partial charge in [0.1, 0.15) is 0 Å². The van der Waals surface area contributed by atoms with Crippen molar-refractivity contribution in [3.63, 3.8) is 0 Å². The second-order valence-corrected chi connectivity index (χ2v) is 7.50. The second kappa shape index (κ2) is 4.97. The zero-order chi connectivity index (χ0) is 15.3. The van der Waals surface area contributed by atoms with Gasteiger partial charge in [0.15, 0.2) is 11.6 Å². The van der Waals surface area contributed by atoms with Crippen LogP contribution in [0.3, 0.4) is 0 Å². The lowest BCUT2D eigenvalue weighted by atomic mass is 9.49. The van der Waals surface area contributed by atoms with Crippen LogP contribution in [0.5, 0.6) is 5.75 Å². The molecule has 0 saturated heterocycles. The van der Waals surface area contributed by atoms with Crippen molar-refractivity contribution in [3.8, 4) is 5.75 Å². The summed E-state index contributed by atoms with van der Waals surface area (Å²) in [5.74, 6) is 2.10. The van der Waals surface area contributed by atoms with Crippen molar-refractivity contribution in [2.24, 2.45) is 23.2 Å². The summed E-state index contributed by atoms with van der Waals surface area (Å²) in [5, 5.41) is 3.02. The molecule has 118 valence electrons. The lowest BCUT2D eigenvalue weighted by Gasteiger charge is -2.55. The minimum Gasteiger partial charge on any atom is -0.494 e. The Bertz CT molecular complexity index is 578. The zero-order valence-electron chi connectivity index (χ0n) is 12.9. The van der Waals surface area contributed by atoms with E-state index < -0.39 is 5.82 Å². The molecule has 1 N–H and O–H groups in total. The van der Waals surface area contributed by atoms with Gasteiger partial charge in [-0.1, -0.05) is 0 Å². The van der Waals surface area contributed by atoms with Crippen LogP contribution in [0, 0.1) is 29.0 Å². The number of benzene rings is 1. The highest BCUT2D eigenvalue weighted by Gasteiger charge is 2.54. The van der Waals surface area contributed by atoms with Crippen molar-refractivity contribution in [3.05, 3.63) is 24.0 Å². The minimum absolute atomic E-state index is 0.125. The molecule has 4 heteroatoms. The third-order valence-corrected chi connectivity index (χ3v) is 5.93. The van der Waals surface area contributed by atoms with E-state index >= 15 is 0 Å². The molecule has 1 aromatic carbocycles. The van der Waals surface area contributed by atoms with E-state index in [1.165, 1.54) is 32.4 Å². The zero-order valence-corrected chi connectivity index (χ0v) is 12.9. The highest BCUT2D eigenvalue weighted by molar-refractivity contribution is 5.95. The molecule has 4 saturated carbocycles. The summed E-state index contributed by atoms with van der Waals surface area (Å²) < 4.78 is 18.5. The SMILES string of the molecule is COc1cc(NC(=O)C23CC4CC(CC(C4)C2)C3)ccc1F. The van der Waals surface area contributed by atoms with E-state index in [-0.39, 0.29) is 17.1 Å². The number of methoxy groups -OCH3 is 1. The maximum Gasteiger partial charge on any atom is 0.230 e. The topological polar surface area (TPSA) is 38.3 Å². The van der Waals surface area contributed by atoms with Crippen molar-refractivity contribution >= 4 is 11.6 Å². The first-order valence-electron chi connectivity index (χ1n) is 8.23. The van der Waals surface area contributed by atoms with Gasteiger partial charge in [0.25, 0.3) is 0 Å². The molecule has 4 aliphatic carbocycles. The minimum atomic E-state index is -0.407. The van der Waals surface area contributed by atoms with Gasteiger partial charge in [0.2, 0.25) is 5.91 Å². The monoisotopic (exact) mass is 303 g/mol.